The van der Waals surface area contributed by atoms with Gasteiger partial charge >= 0.3 is 0 Å². The van der Waals surface area contributed by atoms with E-state index in [1.807, 2.05) is 6.92 Å². The van der Waals surface area contributed by atoms with Crippen molar-refractivity contribution in [2.75, 3.05) is 0 Å². The monoisotopic (exact) mass is 288 g/mol. The molecule has 1 aliphatic rings. The number of benzene rings is 1. The quantitative estimate of drug-likeness (QED) is 0.882. The topological polar surface area (TPSA) is 34.1 Å². The Bertz CT molecular complexity index is 590. The largest absolute Gasteiger partial charge is 0.486 e. The molecule has 1 heterocycles. The lowest BCUT2D eigenvalue weighted by molar-refractivity contribution is 0.301. The zero-order valence-electron chi connectivity index (χ0n) is 12.0. The van der Waals surface area contributed by atoms with Crippen LogP contribution < -0.4 is 10.1 Å². The maximum Gasteiger partial charge on any atom is 0.140 e. The number of hydrogen-bond donors (Lipinski definition) is 1. The first-order valence-electron chi connectivity index (χ1n) is 7.07. The molecule has 0 unspecified atom stereocenters. The van der Waals surface area contributed by atoms with Crippen LogP contribution in [0.2, 0.25) is 0 Å². The molecule has 20 heavy (non-hydrogen) atoms. The van der Waals surface area contributed by atoms with Crippen molar-refractivity contribution in [3.05, 3.63) is 45.4 Å². The van der Waals surface area contributed by atoms with Gasteiger partial charge in [0.15, 0.2) is 0 Å². The third kappa shape index (κ3) is 3.58. The van der Waals surface area contributed by atoms with Gasteiger partial charge < -0.3 is 10.1 Å². The maximum atomic E-state index is 5.95. The Morgan fingerprint density at radius 2 is 2.20 bits per heavy atom. The average molecular weight is 288 g/mol. The predicted molar refractivity (Wildman–Crippen MR) is 82.2 cm³/mol. The second-order valence-electron chi connectivity index (χ2n) is 5.44. The summed E-state index contributed by atoms with van der Waals surface area (Å²) in [6.07, 6.45) is 2.61. The van der Waals surface area contributed by atoms with Crippen LogP contribution in [0.5, 0.6) is 5.75 Å². The fourth-order valence-electron chi connectivity index (χ4n) is 2.14. The summed E-state index contributed by atoms with van der Waals surface area (Å²) in [4.78, 5) is 4.44. The van der Waals surface area contributed by atoms with Gasteiger partial charge in [-0.3, -0.25) is 0 Å². The van der Waals surface area contributed by atoms with E-state index in [0.29, 0.717) is 12.6 Å². The van der Waals surface area contributed by atoms with Crippen molar-refractivity contribution in [1.29, 1.82) is 0 Å². The van der Waals surface area contributed by atoms with E-state index >= 15 is 0 Å². The second kappa shape index (κ2) is 5.94. The fourth-order valence-corrected chi connectivity index (χ4v) is 2.82. The third-order valence-electron chi connectivity index (χ3n) is 3.39. The van der Waals surface area contributed by atoms with E-state index in [9.17, 15) is 0 Å². The molecule has 1 fully saturated rings. The third-order valence-corrected chi connectivity index (χ3v) is 4.33. The molecule has 3 nitrogen and oxygen atoms in total. The molecular formula is C16H20N2OS. The first-order chi connectivity index (χ1) is 9.70. The van der Waals surface area contributed by atoms with Crippen LogP contribution in [0.15, 0.2) is 23.6 Å². The van der Waals surface area contributed by atoms with E-state index in [-0.39, 0.29) is 0 Å². The molecule has 106 valence electrons. The molecule has 0 aliphatic heterocycles. The number of nitrogens with zero attached hydrogens (tertiary/aromatic N) is 1. The number of aromatic nitrogens is 1. The maximum absolute atomic E-state index is 5.95. The minimum absolute atomic E-state index is 0.554. The summed E-state index contributed by atoms with van der Waals surface area (Å²) in [6.45, 7) is 5.57. The van der Waals surface area contributed by atoms with Gasteiger partial charge in [-0.2, -0.15) is 0 Å². The van der Waals surface area contributed by atoms with Crippen molar-refractivity contribution in [1.82, 2.24) is 10.3 Å². The standard InChI is InChI=1S/C16H20N2OS/c1-11-3-6-15(13(7-11)8-17-14-4-5-14)19-9-16-18-12(2)10-20-16/h3,6-7,10,14,17H,4-5,8-9H2,1-2H3. The van der Waals surface area contributed by atoms with Gasteiger partial charge in [0.25, 0.3) is 0 Å². The van der Waals surface area contributed by atoms with E-state index < -0.39 is 0 Å². The van der Waals surface area contributed by atoms with Gasteiger partial charge in [0.2, 0.25) is 0 Å². The van der Waals surface area contributed by atoms with Crippen molar-refractivity contribution >= 4 is 11.3 Å². The summed E-state index contributed by atoms with van der Waals surface area (Å²) >= 11 is 1.65. The Labute approximate surface area is 124 Å². The fraction of sp³-hybridized carbons (Fsp3) is 0.438. The van der Waals surface area contributed by atoms with Crippen LogP contribution in [0, 0.1) is 13.8 Å². The molecule has 1 saturated carbocycles. The first-order valence-corrected chi connectivity index (χ1v) is 7.95. The van der Waals surface area contributed by atoms with E-state index in [2.05, 4.69) is 40.8 Å². The zero-order chi connectivity index (χ0) is 13.9. The van der Waals surface area contributed by atoms with Gasteiger partial charge in [0, 0.05) is 29.2 Å². The van der Waals surface area contributed by atoms with Crippen LogP contribution in [-0.4, -0.2) is 11.0 Å². The number of hydrogen-bond acceptors (Lipinski definition) is 4. The molecule has 1 aromatic carbocycles. The number of ether oxygens (including phenoxy) is 1. The van der Waals surface area contributed by atoms with E-state index in [1.54, 1.807) is 11.3 Å². The Balaban J connectivity index is 1.66. The summed E-state index contributed by atoms with van der Waals surface area (Å²) in [6, 6.07) is 7.09. The number of aryl methyl sites for hydroxylation is 2. The first kappa shape index (κ1) is 13.6. The molecule has 0 radical (unpaired) electrons. The van der Waals surface area contributed by atoms with Crippen molar-refractivity contribution < 1.29 is 4.74 Å². The van der Waals surface area contributed by atoms with Crippen LogP contribution in [0.25, 0.3) is 0 Å². The molecule has 0 spiro atoms. The lowest BCUT2D eigenvalue weighted by Crippen LogP contribution is -2.16. The minimum atomic E-state index is 0.554. The van der Waals surface area contributed by atoms with Gasteiger partial charge in [-0.05, 0) is 32.8 Å². The summed E-state index contributed by atoms with van der Waals surface area (Å²) in [5.74, 6) is 0.969. The van der Waals surface area contributed by atoms with E-state index in [4.69, 9.17) is 4.74 Å². The molecule has 4 heteroatoms. The van der Waals surface area contributed by atoms with Crippen LogP contribution >= 0.6 is 11.3 Å². The van der Waals surface area contributed by atoms with Gasteiger partial charge in [0.05, 0.1) is 0 Å². The van der Waals surface area contributed by atoms with Crippen molar-refractivity contribution in [2.45, 2.75) is 45.9 Å². The summed E-state index contributed by atoms with van der Waals surface area (Å²) in [5, 5.41) is 6.64. The van der Waals surface area contributed by atoms with E-state index in [1.165, 1.54) is 24.0 Å². The Morgan fingerprint density at radius 1 is 1.35 bits per heavy atom. The normalized spacial score (nSPS) is 14.5. The summed E-state index contributed by atoms with van der Waals surface area (Å²) < 4.78 is 5.95. The van der Waals surface area contributed by atoms with Gasteiger partial charge in [-0.25, -0.2) is 4.98 Å². The summed E-state index contributed by atoms with van der Waals surface area (Å²) in [7, 11) is 0. The molecule has 0 bridgehead atoms. The SMILES string of the molecule is Cc1ccc(OCc2nc(C)cs2)c(CNC2CC2)c1. The highest BCUT2D eigenvalue weighted by Gasteiger charge is 2.20. The zero-order valence-corrected chi connectivity index (χ0v) is 12.8. The molecule has 1 N–H and O–H groups in total. The van der Waals surface area contributed by atoms with Crippen molar-refractivity contribution in [2.24, 2.45) is 0 Å². The minimum Gasteiger partial charge on any atom is -0.486 e. The molecule has 3 rings (SSSR count). The molecule has 0 amide bonds. The van der Waals surface area contributed by atoms with Gasteiger partial charge in [-0.15, -0.1) is 11.3 Å². The number of thiazole rings is 1. The smallest absolute Gasteiger partial charge is 0.140 e. The van der Waals surface area contributed by atoms with Crippen LogP contribution in [0.4, 0.5) is 0 Å². The molecular weight excluding hydrogens is 268 g/mol. The Morgan fingerprint density at radius 3 is 2.90 bits per heavy atom. The number of nitrogens with one attached hydrogen (secondary N) is 1. The van der Waals surface area contributed by atoms with Crippen LogP contribution in [-0.2, 0) is 13.2 Å². The van der Waals surface area contributed by atoms with Crippen molar-refractivity contribution in [3.8, 4) is 5.75 Å². The van der Waals surface area contributed by atoms with Crippen LogP contribution in [0.3, 0.4) is 0 Å². The molecule has 0 atom stereocenters. The van der Waals surface area contributed by atoms with E-state index in [0.717, 1.165) is 23.0 Å². The average Bonchev–Trinajstić information content (AvgIpc) is 3.17. The number of rotatable bonds is 6. The predicted octanol–water partition coefficient (Wildman–Crippen LogP) is 3.59. The Hall–Kier alpha value is -1.39. The highest BCUT2D eigenvalue weighted by Crippen LogP contribution is 2.24. The van der Waals surface area contributed by atoms with Crippen molar-refractivity contribution in [3.63, 3.8) is 0 Å². The molecule has 2 aromatic rings. The second-order valence-corrected chi connectivity index (χ2v) is 6.38. The van der Waals surface area contributed by atoms with Crippen LogP contribution in [0.1, 0.15) is 34.7 Å². The molecule has 1 aliphatic carbocycles. The molecule has 1 aromatic heterocycles. The highest BCUT2D eigenvalue weighted by atomic mass is 32.1. The highest BCUT2D eigenvalue weighted by molar-refractivity contribution is 7.09. The lowest BCUT2D eigenvalue weighted by atomic mass is 10.1. The Kier molecular flexibility index (Phi) is 4.03. The van der Waals surface area contributed by atoms with Gasteiger partial charge in [0.1, 0.15) is 17.4 Å². The van der Waals surface area contributed by atoms with Gasteiger partial charge in [-0.1, -0.05) is 17.7 Å². The lowest BCUT2D eigenvalue weighted by Gasteiger charge is -2.12. The summed E-state index contributed by atoms with van der Waals surface area (Å²) in [5.41, 5.74) is 3.58. The molecule has 0 saturated heterocycles.